The summed E-state index contributed by atoms with van der Waals surface area (Å²) in [5, 5.41) is 2.85. The molecular formula is C20H21FN2O2. The summed E-state index contributed by atoms with van der Waals surface area (Å²) in [6.07, 6.45) is 2.16. The maximum atomic E-state index is 13.0. The molecule has 0 atom stereocenters. The molecular weight excluding hydrogens is 319 g/mol. The second-order valence-electron chi connectivity index (χ2n) is 6.45. The lowest BCUT2D eigenvalue weighted by atomic mass is 10.1. The number of carbonyl (C=O) groups excluding carboxylic acids is 2. The smallest absolute Gasteiger partial charge is 0.238 e. The van der Waals surface area contributed by atoms with Gasteiger partial charge < -0.3 is 5.32 Å². The maximum Gasteiger partial charge on any atom is 0.238 e. The molecule has 1 aliphatic rings. The lowest BCUT2D eigenvalue weighted by Crippen LogP contribution is -2.34. The highest BCUT2D eigenvalue weighted by Gasteiger charge is 2.30. The fourth-order valence-corrected chi connectivity index (χ4v) is 2.78. The van der Waals surface area contributed by atoms with Crippen LogP contribution in [0, 0.1) is 5.82 Å². The summed E-state index contributed by atoms with van der Waals surface area (Å²) < 4.78 is 13.0. The molecule has 0 aromatic heterocycles. The number of nitrogens with zero attached hydrogens (tertiary/aromatic N) is 1. The molecule has 4 nitrogen and oxygen atoms in total. The van der Waals surface area contributed by atoms with Gasteiger partial charge in [0.2, 0.25) is 5.91 Å². The van der Waals surface area contributed by atoms with E-state index in [0.29, 0.717) is 23.8 Å². The van der Waals surface area contributed by atoms with Crippen molar-refractivity contribution in [1.29, 1.82) is 0 Å². The van der Waals surface area contributed by atoms with E-state index < -0.39 is 0 Å². The largest absolute Gasteiger partial charge is 0.325 e. The minimum absolute atomic E-state index is 0.0352. The maximum absolute atomic E-state index is 13.0. The Hall–Kier alpha value is -2.53. The van der Waals surface area contributed by atoms with Crippen molar-refractivity contribution in [3.8, 4) is 0 Å². The van der Waals surface area contributed by atoms with Gasteiger partial charge in [0.25, 0.3) is 0 Å². The number of Topliss-reactive ketones (excluding diaryl/α,β-unsaturated/α-hetero) is 1. The summed E-state index contributed by atoms with van der Waals surface area (Å²) in [6.45, 7) is 2.39. The second-order valence-corrected chi connectivity index (χ2v) is 6.45. The number of anilines is 1. The predicted octanol–water partition coefficient (Wildman–Crippen LogP) is 3.63. The summed E-state index contributed by atoms with van der Waals surface area (Å²) in [5.41, 5.74) is 2.18. The quantitative estimate of drug-likeness (QED) is 0.783. The molecule has 1 amide bonds. The molecule has 1 fully saturated rings. The van der Waals surface area contributed by atoms with E-state index in [-0.39, 0.29) is 24.1 Å². The summed E-state index contributed by atoms with van der Waals surface area (Å²) in [4.78, 5) is 25.9. The van der Waals surface area contributed by atoms with Gasteiger partial charge in [-0.05, 0) is 49.6 Å². The Labute approximate surface area is 146 Å². The molecule has 0 saturated heterocycles. The monoisotopic (exact) mass is 340 g/mol. The van der Waals surface area contributed by atoms with Gasteiger partial charge in [-0.2, -0.15) is 0 Å². The van der Waals surface area contributed by atoms with Gasteiger partial charge in [0.15, 0.2) is 5.78 Å². The Balaban J connectivity index is 1.62. The van der Waals surface area contributed by atoms with Crippen LogP contribution in [0.3, 0.4) is 0 Å². The first-order chi connectivity index (χ1) is 12.0. The van der Waals surface area contributed by atoms with Gasteiger partial charge in [-0.1, -0.05) is 24.3 Å². The van der Waals surface area contributed by atoms with Gasteiger partial charge in [-0.25, -0.2) is 4.39 Å². The van der Waals surface area contributed by atoms with Crippen LogP contribution in [0.15, 0.2) is 48.5 Å². The van der Waals surface area contributed by atoms with Gasteiger partial charge in [0.1, 0.15) is 5.82 Å². The summed E-state index contributed by atoms with van der Waals surface area (Å²) in [5.74, 6) is -0.411. The summed E-state index contributed by atoms with van der Waals surface area (Å²) in [7, 11) is 0. The van der Waals surface area contributed by atoms with E-state index in [4.69, 9.17) is 0 Å². The first kappa shape index (κ1) is 17.3. The van der Waals surface area contributed by atoms with Crippen molar-refractivity contribution in [2.75, 3.05) is 11.9 Å². The van der Waals surface area contributed by atoms with Crippen molar-refractivity contribution in [2.45, 2.75) is 32.4 Å². The fraction of sp³-hybridized carbons (Fsp3) is 0.300. The number of hydrogen-bond donors (Lipinski definition) is 1. The van der Waals surface area contributed by atoms with Gasteiger partial charge in [-0.3, -0.25) is 14.5 Å². The Morgan fingerprint density at radius 1 is 1.16 bits per heavy atom. The molecule has 0 unspecified atom stereocenters. The SMILES string of the molecule is CC(=O)c1cccc(NC(=O)CN(Cc2ccc(F)cc2)C2CC2)c1. The number of rotatable bonds is 7. The molecule has 1 aliphatic carbocycles. The number of carbonyl (C=O) groups is 2. The first-order valence-electron chi connectivity index (χ1n) is 8.40. The van der Waals surface area contributed by atoms with Crippen LogP contribution in [-0.2, 0) is 11.3 Å². The predicted molar refractivity (Wildman–Crippen MR) is 94.9 cm³/mol. The number of benzene rings is 2. The topological polar surface area (TPSA) is 49.4 Å². The molecule has 0 heterocycles. The zero-order valence-corrected chi connectivity index (χ0v) is 14.2. The number of amides is 1. The molecule has 0 radical (unpaired) electrons. The first-order valence-corrected chi connectivity index (χ1v) is 8.40. The minimum Gasteiger partial charge on any atom is -0.325 e. The van der Waals surface area contributed by atoms with E-state index in [2.05, 4.69) is 10.2 Å². The number of ketones is 1. The zero-order chi connectivity index (χ0) is 17.8. The summed E-state index contributed by atoms with van der Waals surface area (Å²) in [6, 6.07) is 13.7. The third-order valence-corrected chi connectivity index (χ3v) is 4.26. The van der Waals surface area contributed by atoms with E-state index in [1.807, 2.05) is 0 Å². The van der Waals surface area contributed by atoms with Crippen LogP contribution >= 0.6 is 0 Å². The molecule has 25 heavy (non-hydrogen) atoms. The Bertz CT molecular complexity index is 770. The van der Waals surface area contributed by atoms with Crippen molar-refractivity contribution < 1.29 is 14.0 Å². The average molecular weight is 340 g/mol. The van der Waals surface area contributed by atoms with E-state index in [0.717, 1.165) is 18.4 Å². The zero-order valence-electron chi connectivity index (χ0n) is 14.2. The standard InChI is InChI=1S/C20H21FN2O2/c1-14(24)16-3-2-4-18(11-16)22-20(25)13-23(19-9-10-19)12-15-5-7-17(21)8-6-15/h2-8,11,19H,9-10,12-13H2,1H3,(H,22,25). The lowest BCUT2D eigenvalue weighted by molar-refractivity contribution is -0.117. The number of halogens is 1. The molecule has 3 rings (SSSR count). The Morgan fingerprint density at radius 3 is 2.52 bits per heavy atom. The van der Waals surface area contributed by atoms with E-state index >= 15 is 0 Å². The highest BCUT2D eigenvalue weighted by molar-refractivity contribution is 5.97. The van der Waals surface area contributed by atoms with Crippen LogP contribution in [-0.4, -0.2) is 29.2 Å². The van der Waals surface area contributed by atoms with Crippen LogP contribution in [0.2, 0.25) is 0 Å². The van der Waals surface area contributed by atoms with Crippen LogP contribution in [0.1, 0.15) is 35.7 Å². The minimum atomic E-state index is -0.259. The van der Waals surface area contributed by atoms with Gasteiger partial charge in [0, 0.05) is 23.8 Å². The number of hydrogen-bond acceptors (Lipinski definition) is 3. The number of nitrogens with one attached hydrogen (secondary N) is 1. The highest BCUT2D eigenvalue weighted by atomic mass is 19.1. The second kappa shape index (κ2) is 7.57. The van der Waals surface area contributed by atoms with Crippen molar-refractivity contribution in [2.24, 2.45) is 0 Å². The van der Waals surface area contributed by atoms with Crippen LogP contribution < -0.4 is 5.32 Å². The molecule has 2 aromatic rings. The molecule has 130 valence electrons. The van der Waals surface area contributed by atoms with Gasteiger partial charge in [-0.15, -0.1) is 0 Å². The van der Waals surface area contributed by atoms with E-state index in [9.17, 15) is 14.0 Å². The van der Waals surface area contributed by atoms with Crippen LogP contribution in [0.25, 0.3) is 0 Å². The fourth-order valence-electron chi connectivity index (χ4n) is 2.78. The molecule has 2 aromatic carbocycles. The van der Waals surface area contributed by atoms with Crippen LogP contribution in [0.5, 0.6) is 0 Å². The third-order valence-electron chi connectivity index (χ3n) is 4.26. The lowest BCUT2D eigenvalue weighted by Gasteiger charge is -2.21. The molecule has 5 heteroatoms. The van der Waals surface area contributed by atoms with E-state index in [1.54, 1.807) is 36.4 Å². The molecule has 1 saturated carbocycles. The summed E-state index contributed by atoms with van der Waals surface area (Å²) >= 11 is 0. The molecule has 0 aliphatic heterocycles. The van der Waals surface area contributed by atoms with Gasteiger partial charge in [0.05, 0.1) is 6.54 Å². The average Bonchev–Trinajstić information content (AvgIpc) is 3.41. The molecule has 0 spiro atoms. The van der Waals surface area contributed by atoms with Crippen molar-refractivity contribution >= 4 is 17.4 Å². The molecule has 0 bridgehead atoms. The van der Waals surface area contributed by atoms with Crippen molar-refractivity contribution in [3.63, 3.8) is 0 Å². The van der Waals surface area contributed by atoms with Crippen LogP contribution in [0.4, 0.5) is 10.1 Å². The van der Waals surface area contributed by atoms with E-state index in [1.165, 1.54) is 19.1 Å². The highest BCUT2D eigenvalue weighted by Crippen LogP contribution is 2.28. The Morgan fingerprint density at radius 2 is 1.88 bits per heavy atom. The Kier molecular flexibility index (Phi) is 5.24. The van der Waals surface area contributed by atoms with Gasteiger partial charge >= 0.3 is 0 Å². The third kappa shape index (κ3) is 4.97. The van der Waals surface area contributed by atoms with Crippen molar-refractivity contribution in [1.82, 2.24) is 4.90 Å². The molecule has 1 N–H and O–H groups in total. The normalized spacial score (nSPS) is 13.7. The van der Waals surface area contributed by atoms with Crippen molar-refractivity contribution in [3.05, 3.63) is 65.5 Å².